The summed E-state index contributed by atoms with van der Waals surface area (Å²) in [5, 5.41) is 11.0. The van der Waals surface area contributed by atoms with Gasteiger partial charge in [-0.15, -0.1) is 0 Å². The van der Waals surface area contributed by atoms with Crippen LogP contribution in [0.5, 0.6) is 0 Å². The number of rotatable bonds is 6. The van der Waals surface area contributed by atoms with Crippen molar-refractivity contribution in [3.05, 3.63) is 0 Å². The molecule has 0 spiro atoms. The summed E-state index contributed by atoms with van der Waals surface area (Å²) in [5.74, 6) is -0.937. The Morgan fingerprint density at radius 1 is 1.43 bits per heavy atom. The molecule has 0 aromatic heterocycles. The number of carbonyl (C=O) groups is 1. The number of hydrogen-bond acceptors (Lipinski definition) is 3. The second-order valence-electron chi connectivity index (χ2n) is 3.55. The first kappa shape index (κ1) is 13.6. The average molecular weight is 225 g/mol. The Labute approximate surface area is 82.5 Å². The normalized spacial score (nSPS) is 14.4. The van der Waals surface area contributed by atoms with Gasteiger partial charge in [0.05, 0.1) is 6.29 Å². The van der Waals surface area contributed by atoms with Crippen LogP contribution in [0.25, 0.3) is 0 Å². The molecule has 0 rings (SSSR count). The van der Waals surface area contributed by atoms with Crippen LogP contribution in [0.4, 0.5) is 0 Å². The van der Waals surface area contributed by atoms with Gasteiger partial charge in [0.25, 0.3) is 0 Å². The summed E-state index contributed by atoms with van der Waals surface area (Å²) in [6.07, 6.45) is -0.258. The van der Waals surface area contributed by atoms with E-state index in [0.29, 0.717) is 6.42 Å². The van der Waals surface area contributed by atoms with Crippen LogP contribution in [-0.2, 0) is 9.36 Å². The summed E-state index contributed by atoms with van der Waals surface area (Å²) in [4.78, 5) is 27.7. The van der Waals surface area contributed by atoms with E-state index in [-0.39, 0.29) is 5.92 Å². The number of carboxylic acids is 1. The van der Waals surface area contributed by atoms with Crippen LogP contribution in [0.1, 0.15) is 20.3 Å². The lowest BCUT2D eigenvalue weighted by molar-refractivity contribution is -0.139. The van der Waals surface area contributed by atoms with Crippen molar-refractivity contribution in [1.82, 2.24) is 5.32 Å². The molecule has 84 valence electrons. The lowest BCUT2D eigenvalue weighted by atomic mass is 10.0. The Kier molecular flexibility index (Phi) is 5.29. The Morgan fingerprint density at radius 3 is 2.21 bits per heavy atom. The highest BCUT2D eigenvalue weighted by molar-refractivity contribution is 7.51. The predicted molar refractivity (Wildman–Crippen MR) is 50.9 cm³/mol. The molecule has 0 saturated heterocycles. The van der Waals surface area contributed by atoms with Gasteiger partial charge in [-0.3, -0.25) is 14.7 Å². The number of nitrogens with one attached hydrogen (secondary N) is 1. The number of aliphatic carboxylic acids is 1. The van der Waals surface area contributed by atoms with Crippen LogP contribution in [0.15, 0.2) is 0 Å². The summed E-state index contributed by atoms with van der Waals surface area (Å²) in [6, 6.07) is -0.900. The lowest BCUT2D eigenvalue weighted by Gasteiger charge is -2.16. The zero-order valence-electron chi connectivity index (χ0n) is 8.17. The fraction of sp³-hybridized carbons (Fsp3) is 0.857. The predicted octanol–water partition coefficient (Wildman–Crippen LogP) is 0.210. The summed E-state index contributed by atoms with van der Waals surface area (Å²) >= 11 is 0. The van der Waals surface area contributed by atoms with Crippen molar-refractivity contribution in [2.45, 2.75) is 26.3 Å². The summed E-state index contributed by atoms with van der Waals surface area (Å²) in [5.41, 5.74) is 0. The fourth-order valence-electron chi connectivity index (χ4n) is 0.972. The van der Waals surface area contributed by atoms with E-state index in [2.05, 4.69) is 5.32 Å². The molecule has 0 aromatic rings. The minimum absolute atomic E-state index is 0.153. The Hall–Kier alpha value is -0.420. The van der Waals surface area contributed by atoms with E-state index >= 15 is 0 Å². The van der Waals surface area contributed by atoms with Gasteiger partial charge in [0.15, 0.2) is 0 Å². The minimum Gasteiger partial charge on any atom is -0.480 e. The average Bonchev–Trinajstić information content (AvgIpc) is 1.94. The van der Waals surface area contributed by atoms with Crippen molar-refractivity contribution >= 4 is 13.6 Å². The van der Waals surface area contributed by atoms with Crippen LogP contribution in [0.2, 0.25) is 0 Å². The Bertz CT molecular complexity index is 236. The SMILES string of the molecule is CC(C)CC(NCP(=O)(O)O)C(=O)O. The third kappa shape index (κ3) is 7.03. The maximum atomic E-state index is 10.6. The Balaban J connectivity index is 4.11. The number of hydrogen-bond donors (Lipinski definition) is 4. The maximum Gasteiger partial charge on any atom is 0.339 e. The highest BCUT2D eigenvalue weighted by Gasteiger charge is 2.22. The molecule has 1 unspecified atom stereocenters. The van der Waals surface area contributed by atoms with Gasteiger partial charge < -0.3 is 14.9 Å². The highest BCUT2D eigenvalue weighted by atomic mass is 31.2. The summed E-state index contributed by atoms with van der Waals surface area (Å²) < 4.78 is 10.5. The topological polar surface area (TPSA) is 107 Å². The quantitative estimate of drug-likeness (QED) is 0.481. The van der Waals surface area contributed by atoms with Crippen molar-refractivity contribution in [1.29, 1.82) is 0 Å². The van der Waals surface area contributed by atoms with E-state index in [0.717, 1.165) is 0 Å². The van der Waals surface area contributed by atoms with Crippen molar-refractivity contribution in [2.24, 2.45) is 5.92 Å². The van der Waals surface area contributed by atoms with Crippen molar-refractivity contribution in [3.8, 4) is 0 Å². The molecule has 1 atom stereocenters. The zero-order chi connectivity index (χ0) is 11.4. The molecule has 0 aliphatic rings. The maximum absolute atomic E-state index is 10.6. The summed E-state index contributed by atoms with van der Waals surface area (Å²) in [7, 11) is -4.18. The number of carboxylic acid groups (broad SMARTS) is 1. The van der Waals surface area contributed by atoms with Gasteiger partial charge in [0.2, 0.25) is 0 Å². The third-order valence-electron chi connectivity index (χ3n) is 1.55. The van der Waals surface area contributed by atoms with E-state index in [1.165, 1.54) is 0 Å². The first-order chi connectivity index (χ1) is 6.22. The van der Waals surface area contributed by atoms with Crippen LogP contribution >= 0.6 is 7.60 Å². The standard InChI is InChI=1S/C7H16NO5P/c1-5(2)3-6(7(9)10)8-4-14(11,12)13/h5-6,8H,3-4H2,1-2H3,(H,9,10)(H2,11,12,13). The third-order valence-corrected chi connectivity index (χ3v) is 2.14. The largest absolute Gasteiger partial charge is 0.480 e. The molecule has 0 bridgehead atoms. The molecule has 0 aromatic carbocycles. The Morgan fingerprint density at radius 2 is 1.93 bits per heavy atom. The van der Waals surface area contributed by atoms with E-state index in [9.17, 15) is 9.36 Å². The van der Waals surface area contributed by atoms with Crippen molar-refractivity contribution in [3.63, 3.8) is 0 Å². The first-order valence-corrected chi connectivity index (χ1v) is 6.03. The monoisotopic (exact) mass is 225 g/mol. The van der Waals surface area contributed by atoms with E-state index in [1.54, 1.807) is 0 Å². The molecule has 0 aliphatic carbocycles. The van der Waals surface area contributed by atoms with Crippen LogP contribution in [-0.4, -0.2) is 33.2 Å². The van der Waals surface area contributed by atoms with Gasteiger partial charge in [-0.05, 0) is 12.3 Å². The van der Waals surface area contributed by atoms with Crippen LogP contribution < -0.4 is 5.32 Å². The van der Waals surface area contributed by atoms with Gasteiger partial charge >= 0.3 is 13.6 Å². The molecule has 0 aliphatic heterocycles. The second-order valence-corrected chi connectivity index (χ2v) is 5.19. The lowest BCUT2D eigenvalue weighted by Crippen LogP contribution is -2.38. The minimum atomic E-state index is -4.18. The molecule has 0 heterocycles. The van der Waals surface area contributed by atoms with Crippen molar-refractivity contribution < 1.29 is 24.3 Å². The molecule has 0 saturated carbocycles. The van der Waals surface area contributed by atoms with E-state index in [1.807, 2.05) is 13.8 Å². The van der Waals surface area contributed by atoms with Gasteiger partial charge in [0.1, 0.15) is 6.04 Å². The van der Waals surface area contributed by atoms with Gasteiger partial charge in [-0.1, -0.05) is 13.8 Å². The molecule has 7 heteroatoms. The zero-order valence-corrected chi connectivity index (χ0v) is 9.07. The summed E-state index contributed by atoms with van der Waals surface area (Å²) in [6.45, 7) is 3.68. The van der Waals surface area contributed by atoms with Crippen LogP contribution in [0, 0.1) is 5.92 Å². The van der Waals surface area contributed by atoms with Crippen LogP contribution in [0.3, 0.4) is 0 Å². The molecular weight excluding hydrogens is 209 g/mol. The molecule has 14 heavy (non-hydrogen) atoms. The molecule has 6 nitrogen and oxygen atoms in total. The van der Waals surface area contributed by atoms with E-state index in [4.69, 9.17) is 14.9 Å². The smallest absolute Gasteiger partial charge is 0.339 e. The first-order valence-electron chi connectivity index (χ1n) is 4.23. The highest BCUT2D eigenvalue weighted by Crippen LogP contribution is 2.32. The van der Waals surface area contributed by atoms with Gasteiger partial charge in [0, 0.05) is 0 Å². The molecule has 0 amide bonds. The molecule has 4 N–H and O–H groups in total. The van der Waals surface area contributed by atoms with Gasteiger partial charge in [-0.25, -0.2) is 0 Å². The van der Waals surface area contributed by atoms with Gasteiger partial charge in [-0.2, -0.15) is 0 Å². The van der Waals surface area contributed by atoms with E-state index < -0.39 is 25.9 Å². The molecular formula is C7H16NO5P. The fourth-order valence-corrected chi connectivity index (χ4v) is 1.43. The molecule has 0 radical (unpaired) electrons. The van der Waals surface area contributed by atoms with Crippen molar-refractivity contribution in [2.75, 3.05) is 6.29 Å². The second kappa shape index (κ2) is 5.46. The molecule has 0 fully saturated rings.